The van der Waals surface area contributed by atoms with Gasteiger partial charge in [-0.3, -0.25) is 9.58 Å². The SMILES string of the molecule is CCCCN(Cc1c(Cl)c(CC)nn1C)CC1CCCN1. The molecule has 1 atom stereocenters. The van der Waals surface area contributed by atoms with Gasteiger partial charge >= 0.3 is 0 Å². The van der Waals surface area contributed by atoms with Crippen molar-refractivity contribution in [3.05, 3.63) is 16.4 Å². The normalized spacial score (nSPS) is 18.8. The maximum absolute atomic E-state index is 6.50. The number of aromatic nitrogens is 2. The Labute approximate surface area is 133 Å². The summed E-state index contributed by atoms with van der Waals surface area (Å²) in [5.74, 6) is 0. The monoisotopic (exact) mass is 312 g/mol. The summed E-state index contributed by atoms with van der Waals surface area (Å²) in [6.45, 7) is 8.67. The standard InChI is InChI=1S/C16H29ClN4/c1-4-6-10-21(11-13-8-7-9-18-13)12-15-16(17)14(5-2)19-20(15)3/h13,18H,4-12H2,1-3H3. The van der Waals surface area contributed by atoms with Crippen molar-refractivity contribution in [3.63, 3.8) is 0 Å². The minimum Gasteiger partial charge on any atom is -0.313 e. The Hall–Kier alpha value is -0.580. The van der Waals surface area contributed by atoms with Crippen LogP contribution in [0.5, 0.6) is 0 Å². The van der Waals surface area contributed by atoms with Crippen molar-refractivity contribution in [1.82, 2.24) is 20.0 Å². The number of hydrogen-bond donors (Lipinski definition) is 1. The molecule has 1 N–H and O–H groups in total. The minimum atomic E-state index is 0.638. The van der Waals surface area contributed by atoms with Crippen LogP contribution in [0.2, 0.25) is 5.02 Å². The zero-order valence-corrected chi connectivity index (χ0v) is 14.4. The van der Waals surface area contributed by atoms with Crippen LogP contribution in [0.15, 0.2) is 0 Å². The number of halogens is 1. The third-order valence-electron chi connectivity index (χ3n) is 4.35. The van der Waals surface area contributed by atoms with E-state index in [0.717, 1.165) is 42.5 Å². The van der Waals surface area contributed by atoms with Crippen molar-refractivity contribution in [2.24, 2.45) is 7.05 Å². The lowest BCUT2D eigenvalue weighted by Crippen LogP contribution is -2.38. The van der Waals surface area contributed by atoms with E-state index in [1.807, 2.05) is 11.7 Å². The highest BCUT2D eigenvalue weighted by Gasteiger charge is 2.21. The molecule has 0 amide bonds. The molecule has 1 saturated heterocycles. The van der Waals surface area contributed by atoms with E-state index in [9.17, 15) is 0 Å². The molecular formula is C16H29ClN4. The van der Waals surface area contributed by atoms with Gasteiger partial charge < -0.3 is 5.32 Å². The van der Waals surface area contributed by atoms with E-state index in [1.54, 1.807) is 0 Å². The molecule has 1 aromatic rings. The number of unbranched alkanes of at least 4 members (excludes halogenated alkanes) is 1. The molecule has 0 spiro atoms. The highest BCUT2D eigenvalue weighted by molar-refractivity contribution is 6.31. The summed E-state index contributed by atoms with van der Waals surface area (Å²) in [6.07, 6.45) is 5.96. The summed E-state index contributed by atoms with van der Waals surface area (Å²) < 4.78 is 1.96. The summed E-state index contributed by atoms with van der Waals surface area (Å²) in [5, 5.41) is 9.00. The first kappa shape index (κ1) is 16.8. The van der Waals surface area contributed by atoms with Crippen LogP contribution in [0.1, 0.15) is 50.9 Å². The van der Waals surface area contributed by atoms with Gasteiger partial charge in [0.1, 0.15) is 0 Å². The van der Waals surface area contributed by atoms with Crippen LogP contribution in [0.25, 0.3) is 0 Å². The molecule has 21 heavy (non-hydrogen) atoms. The Balaban J connectivity index is 2.04. The highest BCUT2D eigenvalue weighted by atomic mass is 35.5. The van der Waals surface area contributed by atoms with E-state index in [1.165, 1.54) is 32.2 Å². The second kappa shape index (κ2) is 8.16. The Kier molecular flexibility index (Phi) is 6.52. The van der Waals surface area contributed by atoms with Gasteiger partial charge in [0, 0.05) is 26.2 Å². The Morgan fingerprint density at radius 3 is 2.81 bits per heavy atom. The largest absolute Gasteiger partial charge is 0.313 e. The smallest absolute Gasteiger partial charge is 0.0863 e. The summed E-state index contributed by atoms with van der Waals surface area (Å²) in [4.78, 5) is 2.54. The third kappa shape index (κ3) is 4.44. The van der Waals surface area contributed by atoms with Crippen molar-refractivity contribution in [3.8, 4) is 0 Å². The van der Waals surface area contributed by atoms with Gasteiger partial charge in [-0.1, -0.05) is 31.9 Å². The van der Waals surface area contributed by atoms with E-state index >= 15 is 0 Å². The van der Waals surface area contributed by atoms with Gasteiger partial charge in [-0.25, -0.2) is 0 Å². The van der Waals surface area contributed by atoms with Gasteiger partial charge in [0.05, 0.1) is 16.4 Å². The van der Waals surface area contributed by atoms with Crippen molar-refractivity contribution < 1.29 is 0 Å². The molecule has 0 aliphatic carbocycles. The predicted molar refractivity (Wildman–Crippen MR) is 88.8 cm³/mol. The van der Waals surface area contributed by atoms with E-state index in [0.29, 0.717) is 6.04 Å². The van der Waals surface area contributed by atoms with Gasteiger partial charge in [0.25, 0.3) is 0 Å². The van der Waals surface area contributed by atoms with Gasteiger partial charge in [-0.15, -0.1) is 0 Å². The first-order valence-electron chi connectivity index (χ1n) is 8.31. The van der Waals surface area contributed by atoms with Gasteiger partial charge in [0.2, 0.25) is 0 Å². The van der Waals surface area contributed by atoms with E-state index in [-0.39, 0.29) is 0 Å². The fourth-order valence-corrected chi connectivity index (χ4v) is 3.40. The van der Waals surface area contributed by atoms with Crippen LogP contribution in [0, 0.1) is 0 Å². The van der Waals surface area contributed by atoms with Gasteiger partial charge in [-0.2, -0.15) is 5.10 Å². The van der Waals surface area contributed by atoms with Crippen LogP contribution in [-0.4, -0.2) is 40.4 Å². The summed E-state index contributed by atoms with van der Waals surface area (Å²) in [7, 11) is 2.01. The zero-order valence-electron chi connectivity index (χ0n) is 13.7. The quantitative estimate of drug-likeness (QED) is 0.801. The lowest BCUT2D eigenvalue weighted by molar-refractivity contribution is 0.232. The third-order valence-corrected chi connectivity index (χ3v) is 4.78. The molecular weight excluding hydrogens is 284 g/mol. The van der Waals surface area contributed by atoms with Crippen LogP contribution < -0.4 is 5.32 Å². The second-order valence-corrected chi connectivity index (χ2v) is 6.44. The molecule has 2 rings (SSSR count). The maximum Gasteiger partial charge on any atom is 0.0863 e. The molecule has 1 fully saturated rings. The molecule has 2 heterocycles. The molecule has 5 heteroatoms. The zero-order chi connectivity index (χ0) is 15.2. The molecule has 4 nitrogen and oxygen atoms in total. The van der Waals surface area contributed by atoms with Crippen molar-refractivity contribution in [2.75, 3.05) is 19.6 Å². The van der Waals surface area contributed by atoms with Crippen molar-refractivity contribution in [1.29, 1.82) is 0 Å². The minimum absolute atomic E-state index is 0.638. The molecule has 1 unspecified atom stereocenters. The Morgan fingerprint density at radius 2 is 2.24 bits per heavy atom. The average Bonchev–Trinajstić information content (AvgIpc) is 3.07. The summed E-state index contributed by atoms with van der Waals surface area (Å²) >= 11 is 6.50. The van der Waals surface area contributed by atoms with E-state index < -0.39 is 0 Å². The number of nitrogens with one attached hydrogen (secondary N) is 1. The Bertz CT molecular complexity index is 438. The molecule has 0 radical (unpaired) electrons. The van der Waals surface area contributed by atoms with Crippen LogP contribution in [0.3, 0.4) is 0 Å². The molecule has 1 aliphatic rings. The lowest BCUT2D eigenvalue weighted by atomic mass is 10.2. The lowest BCUT2D eigenvalue weighted by Gasteiger charge is -2.25. The first-order valence-corrected chi connectivity index (χ1v) is 8.69. The van der Waals surface area contributed by atoms with Crippen LogP contribution in [0.4, 0.5) is 0 Å². The van der Waals surface area contributed by atoms with Crippen LogP contribution >= 0.6 is 11.6 Å². The average molecular weight is 313 g/mol. The van der Waals surface area contributed by atoms with Crippen molar-refractivity contribution in [2.45, 2.75) is 58.5 Å². The molecule has 0 saturated carbocycles. The van der Waals surface area contributed by atoms with Gasteiger partial charge in [0.15, 0.2) is 0 Å². The molecule has 0 aromatic carbocycles. The molecule has 1 aromatic heterocycles. The molecule has 1 aliphatic heterocycles. The highest BCUT2D eigenvalue weighted by Crippen LogP contribution is 2.23. The maximum atomic E-state index is 6.50. The molecule has 0 bridgehead atoms. The topological polar surface area (TPSA) is 33.1 Å². The summed E-state index contributed by atoms with van der Waals surface area (Å²) in [6, 6.07) is 0.638. The fraction of sp³-hybridized carbons (Fsp3) is 0.812. The summed E-state index contributed by atoms with van der Waals surface area (Å²) in [5.41, 5.74) is 2.17. The second-order valence-electron chi connectivity index (χ2n) is 6.07. The number of nitrogens with zero attached hydrogens (tertiary/aromatic N) is 3. The molecule has 120 valence electrons. The predicted octanol–water partition coefficient (Wildman–Crippen LogP) is 2.99. The fourth-order valence-electron chi connectivity index (χ4n) is 3.04. The van der Waals surface area contributed by atoms with E-state index in [4.69, 9.17) is 11.6 Å². The first-order chi connectivity index (χ1) is 10.2. The number of hydrogen-bond acceptors (Lipinski definition) is 3. The van der Waals surface area contributed by atoms with Crippen molar-refractivity contribution >= 4 is 11.6 Å². The van der Waals surface area contributed by atoms with E-state index in [2.05, 4.69) is 29.2 Å². The number of aryl methyl sites for hydroxylation is 2. The number of rotatable bonds is 8. The van der Waals surface area contributed by atoms with Gasteiger partial charge in [-0.05, 0) is 38.8 Å². The Morgan fingerprint density at radius 1 is 1.43 bits per heavy atom. The van der Waals surface area contributed by atoms with Crippen LogP contribution in [-0.2, 0) is 20.0 Å².